The third kappa shape index (κ3) is 2.12. The van der Waals surface area contributed by atoms with Gasteiger partial charge in [0.25, 0.3) is 11.3 Å². The number of aromatic amines is 1. The molecule has 0 saturated carbocycles. The summed E-state index contributed by atoms with van der Waals surface area (Å²) in [6, 6.07) is 9.68. The van der Waals surface area contributed by atoms with Crippen LogP contribution in [0.3, 0.4) is 0 Å². The molecule has 0 aliphatic rings. The first-order valence-corrected chi connectivity index (χ1v) is 8.07. The van der Waals surface area contributed by atoms with Crippen molar-refractivity contribution in [3.63, 3.8) is 0 Å². The Labute approximate surface area is 146 Å². The number of ether oxygens (including phenoxy) is 1. The average molecular weight is 346 g/mol. The van der Waals surface area contributed by atoms with Crippen LogP contribution in [0.5, 0.6) is 0 Å². The minimum atomic E-state index is -0.161. The van der Waals surface area contributed by atoms with Gasteiger partial charge in [-0.1, -0.05) is 6.07 Å². The van der Waals surface area contributed by atoms with Gasteiger partial charge in [0, 0.05) is 31.2 Å². The molecule has 5 rings (SSSR count). The molecule has 0 amide bonds. The minimum absolute atomic E-state index is 0.161. The molecule has 1 N–H and O–H groups in total. The van der Waals surface area contributed by atoms with E-state index >= 15 is 0 Å². The van der Waals surface area contributed by atoms with Crippen molar-refractivity contribution in [2.75, 3.05) is 7.11 Å². The number of nitrogens with one attached hydrogen (secondary N) is 1. The number of H-pyrrole nitrogens is 1. The quantitative estimate of drug-likeness (QED) is 0.540. The lowest BCUT2D eigenvalue weighted by atomic mass is 10.2. The highest BCUT2D eigenvalue weighted by Crippen LogP contribution is 2.18. The zero-order chi connectivity index (χ0) is 17.7. The molecule has 0 spiro atoms. The first-order chi connectivity index (χ1) is 12.7. The molecule has 4 aromatic heterocycles. The molecule has 128 valence electrons. The first kappa shape index (κ1) is 14.8. The van der Waals surface area contributed by atoms with E-state index in [1.807, 2.05) is 36.5 Å². The first-order valence-electron chi connectivity index (χ1n) is 8.07. The maximum atomic E-state index is 13.0. The van der Waals surface area contributed by atoms with Gasteiger partial charge in [0.1, 0.15) is 6.61 Å². The number of aromatic nitrogens is 6. The zero-order valence-corrected chi connectivity index (χ0v) is 13.9. The molecular weight excluding hydrogens is 332 g/mol. The van der Waals surface area contributed by atoms with E-state index in [2.05, 4.69) is 20.1 Å². The number of hydrogen-bond acceptors (Lipinski definition) is 5. The van der Waals surface area contributed by atoms with Gasteiger partial charge in [-0.3, -0.25) is 9.36 Å². The third-order valence-electron chi connectivity index (χ3n) is 4.37. The topological polar surface area (TPSA) is 90.1 Å². The van der Waals surface area contributed by atoms with E-state index in [0.29, 0.717) is 22.5 Å². The van der Waals surface area contributed by atoms with Crippen molar-refractivity contribution < 1.29 is 4.74 Å². The lowest BCUT2D eigenvalue weighted by molar-refractivity contribution is 0.178. The number of nitrogens with zero attached hydrogens (tertiary/aromatic N) is 5. The Morgan fingerprint density at radius 3 is 3.04 bits per heavy atom. The number of pyridine rings is 1. The summed E-state index contributed by atoms with van der Waals surface area (Å²) in [6.45, 7) is 0.290. The van der Waals surface area contributed by atoms with Crippen LogP contribution in [0, 0.1) is 0 Å². The van der Waals surface area contributed by atoms with Crippen molar-refractivity contribution in [1.29, 1.82) is 0 Å². The van der Waals surface area contributed by atoms with E-state index in [-0.39, 0.29) is 12.2 Å². The van der Waals surface area contributed by atoms with E-state index in [0.717, 1.165) is 16.6 Å². The monoisotopic (exact) mass is 346 g/mol. The Morgan fingerprint density at radius 1 is 1.23 bits per heavy atom. The van der Waals surface area contributed by atoms with Crippen molar-refractivity contribution in [2.45, 2.75) is 6.61 Å². The average Bonchev–Trinajstić information content (AvgIpc) is 3.27. The number of benzene rings is 1. The molecule has 0 atom stereocenters. The van der Waals surface area contributed by atoms with Crippen LogP contribution in [0.15, 0.2) is 53.7 Å². The van der Waals surface area contributed by atoms with Gasteiger partial charge in [0.15, 0.2) is 5.82 Å². The predicted molar refractivity (Wildman–Crippen MR) is 96.5 cm³/mol. The lowest BCUT2D eigenvalue weighted by Crippen LogP contribution is -2.18. The maximum Gasteiger partial charge on any atom is 0.266 e. The third-order valence-corrected chi connectivity index (χ3v) is 4.37. The lowest BCUT2D eigenvalue weighted by Gasteiger charge is -2.08. The molecule has 0 saturated heterocycles. The Bertz CT molecular complexity index is 1330. The van der Waals surface area contributed by atoms with Gasteiger partial charge < -0.3 is 9.72 Å². The molecule has 0 unspecified atom stereocenters. The summed E-state index contributed by atoms with van der Waals surface area (Å²) < 4.78 is 8.24. The summed E-state index contributed by atoms with van der Waals surface area (Å²) in [5.41, 5.74) is 2.26. The molecule has 5 aromatic rings. The second kappa shape index (κ2) is 5.50. The molecular formula is C18H14N6O2. The number of rotatable bonds is 3. The van der Waals surface area contributed by atoms with Crippen LogP contribution in [0.1, 0.15) is 5.82 Å². The molecule has 8 heteroatoms. The summed E-state index contributed by atoms with van der Waals surface area (Å²) in [7, 11) is 1.58. The van der Waals surface area contributed by atoms with Gasteiger partial charge in [-0.2, -0.15) is 9.50 Å². The van der Waals surface area contributed by atoms with Crippen molar-refractivity contribution in [3.05, 3.63) is 65.1 Å². The molecule has 0 radical (unpaired) electrons. The number of hydrogen-bond donors (Lipinski definition) is 1. The Balaban J connectivity index is 1.73. The second-order valence-corrected chi connectivity index (χ2v) is 5.97. The summed E-state index contributed by atoms with van der Waals surface area (Å²) in [6.07, 6.45) is 5.16. The largest absolute Gasteiger partial charge is 0.377 e. The van der Waals surface area contributed by atoms with Crippen LogP contribution in [-0.2, 0) is 11.3 Å². The summed E-state index contributed by atoms with van der Waals surface area (Å²) in [5, 5.41) is 5.94. The van der Waals surface area contributed by atoms with Gasteiger partial charge >= 0.3 is 0 Å². The smallest absolute Gasteiger partial charge is 0.266 e. The van der Waals surface area contributed by atoms with E-state index in [1.54, 1.807) is 28.6 Å². The highest BCUT2D eigenvalue weighted by Gasteiger charge is 2.12. The molecule has 0 aliphatic heterocycles. The van der Waals surface area contributed by atoms with Crippen LogP contribution < -0.4 is 5.56 Å². The van der Waals surface area contributed by atoms with Crippen molar-refractivity contribution in [1.82, 2.24) is 29.1 Å². The molecule has 0 bridgehead atoms. The van der Waals surface area contributed by atoms with Crippen LogP contribution in [0.4, 0.5) is 0 Å². The Morgan fingerprint density at radius 2 is 2.15 bits per heavy atom. The molecule has 0 aliphatic carbocycles. The van der Waals surface area contributed by atoms with Crippen LogP contribution in [0.2, 0.25) is 0 Å². The van der Waals surface area contributed by atoms with Crippen molar-refractivity contribution >= 4 is 27.6 Å². The maximum absolute atomic E-state index is 13.0. The SMILES string of the molecule is COCc1nc2ncc3c(=O)n(-c4ccc5cc[nH]c5c4)ccc3n2n1. The van der Waals surface area contributed by atoms with Crippen LogP contribution >= 0.6 is 0 Å². The Kier molecular flexibility index (Phi) is 3.13. The highest BCUT2D eigenvalue weighted by atomic mass is 16.5. The van der Waals surface area contributed by atoms with Crippen LogP contribution in [0.25, 0.3) is 33.3 Å². The van der Waals surface area contributed by atoms with Gasteiger partial charge in [0.05, 0.1) is 16.6 Å². The fourth-order valence-electron chi connectivity index (χ4n) is 3.14. The van der Waals surface area contributed by atoms with Gasteiger partial charge in [-0.05, 0) is 29.7 Å². The number of methoxy groups -OCH3 is 1. The van der Waals surface area contributed by atoms with E-state index in [9.17, 15) is 4.79 Å². The fraction of sp³-hybridized carbons (Fsp3) is 0.111. The zero-order valence-electron chi connectivity index (χ0n) is 13.9. The van der Waals surface area contributed by atoms with E-state index in [4.69, 9.17) is 4.74 Å². The summed E-state index contributed by atoms with van der Waals surface area (Å²) >= 11 is 0. The van der Waals surface area contributed by atoms with Crippen LogP contribution in [-0.4, -0.2) is 36.2 Å². The summed E-state index contributed by atoms with van der Waals surface area (Å²) in [4.78, 5) is 24.7. The predicted octanol–water partition coefficient (Wildman–Crippen LogP) is 2.06. The van der Waals surface area contributed by atoms with E-state index < -0.39 is 0 Å². The Hall–Kier alpha value is -3.52. The van der Waals surface area contributed by atoms with Gasteiger partial charge in [-0.25, -0.2) is 4.98 Å². The molecule has 8 nitrogen and oxygen atoms in total. The molecule has 26 heavy (non-hydrogen) atoms. The fourth-order valence-corrected chi connectivity index (χ4v) is 3.14. The number of fused-ring (bicyclic) bond motifs is 4. The van der Waals surface area contributed by atoms with Gasteiger partial charge in [0.2, 0.25) is 0 Å². The summed E-state index contributed by atoms with van der Waals surface area (Å²) in [5.74, 6) is 0.961. The normalized spacial score (nSPS) is 11.7. The second-order valence-electron chi connectivity index (χ2n) is 5.97. The van der Waals surface area contributed by atoms with E-state index in [1.165, 1.54) is 0 Å². The van der Waals surface area contributed by atoms with Gasteiger partial charge in [-0.15, -0.1) is 5.10 Å². The van der Waals surface area contributed by atoms with Crippen molar-refractivity contribution in [3.8, 4) is 5.69 Å². The standard InChI is InChI=1S/C18H14N6O2/c1-26-10-16-21-18-20-9-13-15(24(18)22-16)5-7-23(17(13)25)12-3-2-11-4-6-19-14(11)8-12/h2-9,19H,10H2,1H3. The molecule has 4 heterocycles. The van der Waals surface area contributed by atoms with Crippen molar-refractivity contribution in [2.24, 2.45) is 0 Å². The minimum Gasteiger partial charge on any atom is -0.377 e. The molecule has 0 fully saturated rings. The molecule has 1 aromatic carbocycles. The highest BCUT2D eigenvalue weighted by molar-refractivity contribution is 5.82.